The molecule has 6 nitrogen and oxygen atoms in total. The van der Waals surface area contributed by atoms with Gasteiger partial charge in [0.2, 0.25) is 11.8 Å². The Kier molecular flexibility index (Phi) is 4.76. The van der Waals surface area contributed by atoms with E-state index >= 15 is 0 Å². The van der Waals surface area contributed by atoms with Crippen LogP contribution in [0.3, 0.4) is 0 Å². The van der Waals surface area contributed by atoms with Gasteiger partial charge in [0.25, 0.3) is 0 Å². The summed E-state index contributed by atoms with van der Waals surface area (Å²) in [5.74, 6) is -0.0914. The van der Waals surface area contributed by atoms with Crippen LogP contribution in [0, 0.1) is 12.8 Å². The molecule has 1 N–H and O–H groups in total. The summed E-state index contributed by atoms with van der Waals surface area (Å²) in [6, 6.07) is 6.31. The van der Waals surface area contributed by atoms with Crippen molar-refractivity contribution in [3.05, 3.63) is 30.0 Å². The van der Waals surface area contributed by atoms with Gasteiger partial charge in [-0.2, -0.15) is 5.10 Å². The summed E-state index contributed by atoms with van der Waals surface area (Å²) in [6.07, 6.45) is 5.92. The van der Waals surface area contributed by atoms with E-state index in [1.807, 2.05) is 16.9 Å². The predicted molar refractivity (Wildman–Crippen MR) is 99.6 cm³/mol. The molecule has 4 rings (SSSR count). The van der Waals surface area contributed by atoms with Gasteiger partial charge >= 0.3 is 0 Å². The summed E-state index contributed by atoms with van der Waals surface area (Å²) in [6.45, 7) is 4.22. The second kappa shape index (κ2) is 7.19. The minimum atomic E-state index is -0.0566. The number of rotatable bonds is 5. The van der Waals surface area contributed by atoms with E-state index in [9.17, 15) is 9.59 Å². The van der Waals surface area contributed by atoms with Crippen molar-refractivity contribution in [3.63, 3.8) is 0 Å². The predicted octanol–water partition coefficient (Wildman–Crippen LogP) is 2.25. The van der Waals surface area contributed by atoms with Crippen molar-refractivity contribution >= 4 is 22.7 Å². The zero-order valence-corrected chi connectivity index (χ0v) is 15.3. The Morgan fingerprint density at radius 2 is 2.15 bits per heavy atom. The molecular weight excluding hydrogens is 328 g/mol. The van der Waals surface area contributed by atoms with E-state index in [2.05, 4.69) is 29.5 Å². The van der Waals surface area contributed by atoms with E-state index < -0.39 is 0 Å². The molecule has 1 aromatic carbocycles. The van der Waals surface area contributed by atoms with Crippen molar-refractivity contribution in [2.75, 3.05) is 13.1 Å². The maximum atomic E-state index is 12.9. The third kappa shape index (κ3) is 3.51. The number of benzene rings is 1. The van der Waals surface area contributed by atoms with Crippen LogP contribution < -0.4 is 5.32 Å². The van der Waals surface area contributed by atoms with Gasteiger partial charge in [0.1, 0.15) is 0 Å². The lowest BCUT2D eigenvalue weighted by Gasteiger charge is -2.28. The topological polar surface area (TPSA) is 67.2 Å². The van der Waals surface area contributed by atoms with Gasteiger partial charge in [-0.05, 0) is 51.3 Å². The number of carbonyl (C=O) groups excluding carboxylic acids is 2. The zero-order chi connectivity index (χ0) is 18.1. The van der Waals surface area contributed by atoms with Crippen LogP contribution in [0.15, 0.2) is 24.4 Å². The first-order valence-corrected chi connectivity index (χ1v) is 9.62. The number of carbonyl (C=O) groups is 2. The molecule has 0 spiro atoms. The highest BCUT2D eigenvalue weighted by Gasteiger charge is 2.39. The average molecular weight is 354 g/mol. The molecule has 1 atom stereocenters. The molecule has 0 radical (unpaired) electrons. The van der Waals surface area contributed by atoms with Gasteiger partial charge in [0.15, 0.2) is 0 Å². The molecule has 2 aliphatic rings. The lowest BCUT2D eigenvalue weighted by Crippen LogP contribution is -2.47. The lowest BCUT2D eigenvalue weighted by atomic mass is 9.98. The Labute approximate surface area is 153 Å². The number of nitrogens with one attached hydrogen (secondary N) is 1. The number of aryl methyl sites for hydroxylation is 2. The molecule has 2 fully saturated rings. The summed E-state index contributed by atoms with van der Waals surface area (Å²) in [7, 11) is 0. The molecule has 2 aromatic rings. The van der Waals surface area contributed by atoms with Gasteiger partial charge < -0.3 is 5.32 Å². The Morgan fingerprint density at radius 3 is 2.88 bits per heavy atom. The number of hydrogen-bond acceptors (Lipinski definition) is 4. The van der Waals surface area contributed by atoms with Crippen molar-refractivity contribution in [2.45, 2.75) is 51.6 Å². The van der Waals surface area contributed by atoms with Gasteiger partial charge in [-0.15, -0.1) is 0 Å². The summed E-state index contributed by atoms with van der Waals surface area (Å²) >= 11 is 0. The zero-order valence-electron chi connectivity index (χ0n) is 15.3. The molecule has 2 amide bonds. The van der Waals surface area contributed by atoms with Crippen LogP contribution in [0.4, 0.5) is 0 Å². The Bertz CT molecular complexity index is 818. The highest BCUT2D eigenvalue weighted by atomic mass is 16.2. The third-order valence-corrected chi connectivity index (χ3v) is 5.40. The van der Waals surface area contributed by atoms with Crippen LogP contribution >= 0.6 is 0 Å². The monoisotopic (exact) mass is 354 g/mol. The van der Waals surface area contributed by atoms with Crippen LogP contribution in [-0.2, 0) is 16.1 Å². The van der Waals surface area contributed by atoms with E-state index in [0.29, 0.717) is 19.5 Å². The molecule has 138 valence electrons. The number of fused-ring (bicyclic) bond motifs is 1. The maximum Gasteiger partial charge on any atom is 0.233 e. The fourth-order valence-corrected chi connectivity index (χ4v) is 3.81. The molecule has 1 unspecified atom stereocenters. The second-order valence-corrected chi connectivity index (χ2v) is 7.56. The second-order valence-electron chi connectivity index (χ2n) is 7.56. The van der Waals surface area contributed by atoms with Gasteiger partial charge in [-0.1, -0.05) is 11.6 Å². The van der Waals surface area contributed by atoms with E-state index in [0.717, 1.165) is 43.1 Å². The highest BCUT2D eigenvalue weighted by molar-refractivity contribution is 5.97. The number of amides is 2. The largest absolute Gasteiger partial charge is 0.316 e. The first-order chi connectivity index (χ1) is 12.6. The van der Waals surface area contributed by atoms with Crippen molar-refractivity contribution in [3.8, 4) is 0 Å². The van der Waals surface area contributed by atoms with Crippen LogP contribution in [0.5, 0.6) is 0 Å². The summed E-state index contributed by atoms with van der Waals surface area (Å²) in [5, 5.41) is 8.77. The van der Waals surface area contributed by atoms with Gasteiger partial charge in [0.05, 0.1) is 24.2 Å². The van der Waals surface area contributed by atoms with E-state index in [1.165, 1.54) is 5.56 Å². The fourth-order valence-electron chi connectivity index (χ4n) is 3.81. The summed E-state index contributed by atoms with van der Waals surface area (Å²) < 4.78 is 1.87. The van der Waals surface area contributed by atoms with Crippen LogP contribution in [0.1, 0.15) is 37.7 Å². The van der Waals surface area contributed by atoms with Gasteiger partial charge in [-0.25, -0.2) is 0 Å². The molecule has 26 heavy (non-hydrogen) atoms. The van der Waals surface area contributed by atoms with E-state index in [1.54, 1.807) is 4.90 Å². The summed E-state index contributed by atoms with van der Waals surface area (Å²) in [5.41, 5.74) is 2.23. The smallest absolute Gasteiger partial charge is 0.233 e. The minimum Gasteiger partial charge on any atom is -0.316 e. The molecule has 1 aliphatic heterocycles. The van der Waals surface area contributed by atoms with Crippen LogP contribution in [-0.4, -0.2) is 45.6 Å². The number of aromatic nitrogens is 2. The van der Waals surface area contributed by atoms with Crippen molar-refractivity contribution in [1.29, 1.82) is 0 Å². The number of nitrogens with zero attached hydrogens (tertiary/aromatic N) is 3. The Balaban J connectivity index is 1.44. The van der Waals surface area contributed by atoms with E-state index in [-0.39, 0.29) is 23.8 Å². The first kappa shape index (κ1) is 17.2. The first-order valence-electron chi connectivity index (χ1n) is 9.62. The Hall–Kier alpha value is -2.21. The minimum absolute atomic E-state index is 0.0191. The van der Waals surface area contributed by atoms with Gasteiger partial charge in [0, 0.05) is 24.4 Å². The SMILES string of the molecule is Cc1ccc2c(cnn2CCC(=O)N(C(=O)C2CCCNC2)C2CC2)c1. The molecule has 1 aliphatic carbocycles. The van der Waals surface area contributed by atoms with Crippen molar-refractivity contribution in [1.82, 2.24) is 20.0 Å². The molecule has 0 bridgehead atoms. The lowest BCUT2D eigenvalue weighted by molar-refractivity contribution is -0.148. The van der Waals surface area contributed by atoms with E-state index in [4.69, 9.17) is 0 Å². The number of piperidine rings is 1. The molecule has 1 aromatic heterocycles. The number of hydrogen-bond donors (Lipinski definition) is 1. The quantitative estimate of drug-likeness (QED) is 0.894. The highest BCUT2D eigenvalue weighted by Crippen LogP contribution is 2.30. The molecule has 2 heterocycles. The third-order valence-electron chi connectivity index (χ3n) is 5.40. The molecule has 6 heteroatoms. The van der Waals surface area contributed by atoms with Crippen LogP contribution in [0.25, 0.3) is 10.9 Å². The molecular formula is C20H26N4O2. The average Bonchev–Trinajstić information content (AvgIpc) is 3.40. The normalized spacial score (nSPS) is 20.3. The summed E-state index contributed by atoms with van der Waals surface area (Å²) in [4.78, 5) is 27.3. The van der Waals surface area contributed by atoms with Crippen LogP contribution in [0.2, 0.25) is 0 Å². The Morgan fingerprint density at radius 1 is 1.31 bits per heavy atom. The van der Waals surface area contributed by atoms with Gasteiger partial charge in [-0.3, -0.25) is 19.2 Å². The maximum absolute atomic E-state index is 12.9. The standard InChI is InChI=1S/C20H26N4O2/c1-14-4-7-18-16(11-14)13-22-23(18)10-8-19(25)24(17-5-6-17)20(26)15-3-2-9-21-12-15/h4,7,11,13,15,17,21H,2-3,5-6,8-10,12H2,1H3. The van der Waals surface area contributed by atoms with Crippen molar-refractivity contribution in [2.24, 2.45) is 5.92 Å². The molecule has 1 saturated heterocycles. The fraction of sp³-hybridized carbons (Fsp3) is 0.550. The molecule has 1 saturated carbocycles. The number of imide groups is 1. The van der Waals surface area contributed by atoms with Crippen molar-refractivity contribution < 1.29 is 9.59 Å².